The minimum atomic E-state index is -1.06. The van der Waals surface area contributed by atoms with Gasteiger partial charge >= 0.3 is 12.0 Å². The number of benzene rings is 1. The zero-order chi connectivity index (χ0) is 14.6. The zero-order valence-corrected chi connectivity index (χ0v) is 12.0. The predicted molar refractivity (Wildman–Crippen MR) is 75.0 cm³/mol. The van der Waals surface area contributed by atoms with E-state index in [2.05, 4.69) is 5.32 Å². The third-order valence-corrected chi connectivity index (χ3v) is 3.28. The molecule has 104 valence electrons. The van der Waals surface area contributed by atoms with Gasteiger partial charge in [-0.2, -0.15) is 0 Å². The number of carbonyl (C=O) groups excluding carboxylic acids is 1. The van der Waals surface area contributed by atoms with Crippen LogP contribution in [-0.2, 0) is 4.79 Å². The molecule has 0 fully saturated rings. The molecule has 0 saturated heterocycles. The summed E-state index contributed by atoms with van der Waals surface area (Å²) in [7, 11) is 1.41. The summed E-state index contributed by atoms with van der Waals surface area (Å²) < 4.78 is 0. The molecule has 0 aliphatic rings. The Bertz CT molecular complexity index is 474. The van der Waals surface area contributed by atoms with Gasteiger partial charge in [0.25, 0.3) is 0 Å². The average Bonchev–Trinajstić information content (AvgIpc) is 2.34. The summed E-state index contributed by atoms with van der Waals surface area (Å²) in [5, 5.41) is 12.1. The standard InChI is InChI=1S/C12H14Cl2N2O3/c1-3-9(11(17)18)16(2)12(19)15-10-7(13)5-4-6-8(10)14/h4-6,9H,3H2,1-2H3,(H,15,19)(H,17,18). The van der Waals surface area contributed by atoms with E-state index in [-0.39, 0.29) is 15.7 Å². The minimum absolute atomic E-state index is 0.267. The van der Waals surface area contributed by atoms with E-state index >= 15 is 0 Å². The van der Waals surface area contributed by atoms with Gasteiger partial charge in [0.1, 0.15) is 6.04 Å². The average molecular weight is 305 g/mol. The number of halogens is 2. The van der Waals surface area contributed by atoms with Crippen molar-refractivity contribution >= 4 is 40.9 Å². The molecule has 1 unspecified atom stereocenters. The normalized spacial score (nSPS) is 11.8. The second kappa shape index (κ2) is 6.63. The van der Waals surface area contributed by atoms with Crippen LogP contribution >= 0.6 is 23.2 Å². The van der Waals surface area contributed by atoms with E-state index in [0.29, 0.717) is 6.42 Å². The maximum atomic E-state index is 12.0. The Kier molecular flexibility index (Phi) is 5.44. The lowest BCUT2D eigenvalue weighted by Gasteiger charge is -2.24. The summed E-state index contributed by atoms with van der Waals surface area (Å²) >= 11 is 11.8. The van der Waals surface area contributed by atoms with Gasteiger partial charge in [0.15, 0.2) is 0 Å². The van der Waals surface area contributed by atoms with Gasteiger partial charge in [-0.15, -0.1) is 0 Å². The number of carbonyl (C=O) groups is 2. The van der Waals surface area contributed by atoms with Crippen molar-refractivity contribution in [1.29, 1.82) is 0 Å². The van der Waals surface area contributed by atoms with E-state index in [4.69, 9.17) is 28.3 Å². The number of anilines is 1. The van der Waals surface area contributed by atoms with E-state index in [9.17, 15) is 9.59 Å². The van der Waals surface area contributed by atoms with Crippen molar-refractivity contribution in [3.8, 4) is 0 Å². The molecule has 2 N–H and O–H groups in total. The van der Waals surface area contributed by atoms with Crippen molar-refractivity contribution in [3.63, 3.8) is 0 Å². The van der Waals surface area contributed by atoms with Gasteiger partial charge in [-0.25, -0.2) is 9.59 Å². The molecule has 0 aliphatic heterocycles. The molecule has 0 bridgehead atoms. The first-order valence-corrected chi connectivity index (χ1v) is 6.34. The summed E-state index contributed by atoms with van der Waals surface area (Å²) in [4.78, 5) is 24.0. The first-order valence-electron chi connectivity index (χ1n) is 5.59. The monoisotopic (exact) mass is 304 g/mol. The second-order valence-electron chi connectivity index (χ2n) is 3.90. The van der Waals surface area contributed by atoms with E-state index < -0.39 is 18.0 Å². The molecule has 0 aromatic heterocycles. The van der Waals surface area contributed by atoms with E-state index in [1.807, 2.05) is 0 Å². The molecule has 0 spiro atoms. The lowest BCUT2D eigenvalue weighted by atomic mass is 10.2. The molecule has 5 nitrogen and oxygen atoms in total. The number of para-hydroxylation sites is 1. The van der Waals surface area contributed by atoms with Crippen LogP contribution in [0.5, 0.6) is 0 Å². The number of likely N-dealkylation sites (N-methyl/N-ethyl adjacent to an activating group) is 1. The third kappa shape index (κ3) is 3.75. The fourth-order valence-corrected chi connectivity index (χ4v) is 2.06. The Labute approximate surface area is 121 Å². The number of hydrogen-bond donors (Lipinski definition) is 2. The highest BCUT2D eigenvalue weighted by molar-refractivity contribution is 6.39. The molecule has 1 rings (SSSR count). The molecule has 1 aromatic carbocycles. The van der Waals surface area contributed by atoms with Crippen molar-refractivity contribution in [2.75, 3.05) is 12.4 Å². The molecule has 0 heterocycles. The lowest BCUT2D eigenvalue weighted by molar-refractivity contribution is -0.141. The number of carboxylic acid groups (broad SMARTS) is 1. The molecular weight excluding hydrogens is 291 g/mol. The van der Waals surface area contributed by atoms with Crippen LogP contribution in [0, 0.1) is 0 Å². The van der Waals surface area contributed by atoms with Gasteiger partial charge in [0.2, 0.25) is 0 Å². The topological polar surface area (TPSA) is 69.6 Å². The number of carboxylic acids is 1. The molecular formula is C12H14Cl2N2O3. The van der Waals surface area contributed by atoms with Crippen molar-refractivity contribution in [3.05, 3.63) is 28.2 Å². The fraction of sp³-hybridized carbons (Fsp3) is 0.333. The van der Waals surface area contributed by atoms with Gasteiger partial charge in [-0.1, -0.05) is 36.2 Å². The van der Waals surface area contributed by atoms with Crippen LogP contribution in [0.2, 0.25) is 10.0 Å². The van der Waals surface area contributed by atoms with Crippen LogP contribution in [-0.4, -0.2) is 35.1 Å². The highest BCUT2D eigenvalue weighted by atomic mass is 35.5. The lowest BCUT2D eigenvalue weighted by Crippen LogP contribution is -2.44. The Morgan fingerprint density at radius 1 is 1.37 bits per heavy atom. The second-order valence-corrected chi connectivity index (χ2v) is 4.71. The highest BCUT2D eigenvalue weighted by Gasteiger charge is 2.25. The van der Waals surface area contributed by atoms with Crippen LogP contribution in [0.25, 0.3) is 0 Å². The van der Waals surface area contributed by atoms with Crippen LogP contribution in [0.15, 0.2) is 18.2 Å². The summed E-state index contributed by atoms with van der Waals surface area (Å²) in [6, 6.07) is 3.33. The molecule has 1 aromatic rings. The van der Waals surface area contributed by atoms with Crippen LogP contribution < -0.4 is 5.32 Å². The Morgan fingerprint density at radius 3 is 2.32 bits per heavy atom. The summed E-state index contributed by atoms with van der Waals surface area (Å²) in [5.41, 5.74) is 0.267. The summed E-state index contributed by atoms with van der Waals surface area (Å²) in [6.45, 7) is 1.69. The van der Waals surface area contributed by atoms with E-state index in [1.165, 1.54) is 7.05 Å². The quantitative estimate of drug-likeness (QED) is 0.896. The number of urea groups is 1. The maximum Gasteiger partial charge on any atom is 0.326 e. The molecule has 1 atom stereocenters. The van der Waals surface area contributed by atoms with Crippen LogP contribution in [0.1, 0.15) is 13.3 Å². The number of rotatable bonds is 4. The predicted octanol–water partition coefficient (Wildman–Crippen LogP) is 3.32. The minimum Gasteiger partial charge on any atom is -0.480 e. The van der Waals surface area contributed by atoms with Crippen molar-refractivity contribution in [2.45, 2.75) is 19.4 Å². The Balaban J connectivity index is 2.88. The fourth-order valence-electron chi connectivity index (χ4n) is 1.57. The van der Waals surface area contributed by atoms with Crippen molar-refractivity contribution < 1.29 is 14.7 Å². The number of hydrogen-bond acceptors (Lipinski definition) is 2. The van der Waals surface area contributed by atoms with Gasteiger partial charge in [-0.05, 0) is 18.6 Å². The van der Waals surface area contributed by atoms with Crippen molar-refractivity contribution in [2.24, 2.45) is 0 Å². The van der Waals surface area contributed by atoms with Gasteiger partial charge in [0, 0.05) is 7.05 Å². The van der Waals surface area contributed by atoms with E-state index in [0.717, 1.165) is 4.90 Å². The first kappa shape index (κ1) is 15.6. The number of nitrogens with one attached hydrogen (secondary N) is 1. The number of nitrogens with zero attached hydrogens (tertiary/aromatic N) is 1. The summed E-state index contributed by atoms with van der Waals surface area (Å²) in [6.07, 6.45) is 0.301. The molecule has 0 saturated carbocycles. The van der Waals surface area contributed by atoms with E-state index in [1.54, 1.807) is 25.1 Å². The third-order valence-electron chi connectivity index (χ3n) is 2.65. The SMILES string of the molecule is CCC(C(=O)O)N(C)C(=O)Nc1c(Cl)cccc1Cl. The van der Waals surface area contributed by atoms with Gasteiger partial charge < -0.3 is 15.3 Å². The smallest absolute Gasteiger partial charge is 0.326 e. The highest BCUT2D eigenvalue weighted by Crippen LogP contribution is 2.30. The molecule has 19 heavy (non-hydrogen) atoms. The molecule has 0 radical (unpaired) electrons. The van der Waals surface area contributed by atoms with Crippen LogP contribution in [0.4, 0.5) is 10.5 Å². The number of aliphatic carboxylic acids is 1. The van der Waals surface area contributed by atoms with Crippen LogP contribution in [0.3, 0.4) is 0 Å². The molecule has 0 aliphatic carbocycles. The molecule has 2 amide bonds. The van der Waals surface area contributed by atoms with Gasteiger partial charge in [-0.3, -0.25) is 0 Å². The van der Waals surface area contributed by atoms with Crippen molar-refractivity contribution in [1.82, 2.24) is 4.90 Å². The first-order chi connectivity index (χ1) is 8.88. The summed E-state index contributed by atoms with van der Waals surface area (Å²) in [5.74, 6) is -1.06. The Morgan fingerprint density at radius 2 is 1.89 bits per heavy atom. The largest absolute Gasteiger partial charge is 0.480 e. The Hall–Kier alpha value is -1.46. The number of amides is 2. The maximum absolute atomic E-state index is 12.0. The zero-order valence-electron chi connectivity index (χ0n) is 10.5. The molecule has 7 heteroatoms. The van der Waals surface area contributed by atoms with Gasteiger partial charge in [0.05, 0.1) is 15.7 Å².